The van der Waals surface area contributed by atoms with E-state index in [1.54, 1.807) is 26.6 Å². The lowest BCUT2D eigenvalue weighted by Gasteiger charge is -2.33. The zero-order valence-electron chi connectivity index (χ0n) is 25.4. The molecule has 2 aliphatic rings. The van der Waals surface area contributed by atoms with E-state index in [9.17, 15) is 22.8 Å². The van der Waals surface area contributed by atoms with Crippen LogP contribution in [0.25, 0.3) is 22.3 Å². The highest BCUT2D eigenvalue weighted by molar-refractivity contribution is 6.28. The zero-order chi connectivity index (χ0) is 32.4. The number of halogens is 4. The molecule has 244 valence electrons. The monoisotopic (exact) mass is 652 g/mol. The molecule has 3 aromatic heterocycles. The molecule has 2 saturated heterocycles. The fraction of sp³-hybridized carbons (Fsp3) is 0.567. The highest BCUT2D eigenvalue weighted by Crippen LogP contribution is 2.39. The molecule has 15 heteroatoms. The normalized spacial score (nSPS) is 16.7. The number of hydrogen-bond donors (Lipinski definition) is 0. The summed E-state index contributed by atoms with van der Waals surface area (Å²) < 4.78 is 60.5. The predicted octanol–water partition coefficient (Wildman–Crippen LogP) is 5.44. The second-order valence-electron chi connectivity index (χ2n) is 12.1. The summed E-state index contributed by atoms with van der Waals surface area (Å²) in [4.78, 5) is 41.0. The Morgan fingerprint density at radius 1 is 1.07 bits per heavy atom. The average Bonchev–Trinajstić information content (AvgIpc) is 3.38. The number of nitrogens with zero attached hydrogens (tertiary/aromatic N) is 6. The number of rotatable bonds is 7. The number of carbonyl (C=O) groups excluding carboxylic acids is 2. The van der Waals surface area contributed by atoms with E-state index >= 15 is 0 Å². The highest BCUT2D eigenvalue weighted by atomic mass is 35.5. The fourth-order valence-electron chi connectivity index (χ4n) is 5.40. The van der Waals surface area contributed by atoms with Gasteiger partial charge in [-0.05, 0) is 69.7 Å². The molecule has 2 fully saturated rings. The maximum absolute atomic E-state index is 14.2. The molecule has 0 aliphatic carbocycles. The first-order valence-electron chi connectivity index (χ1n) is 14.8. The molecule has 0 N–H and O–H groups in total. The lowest BCUT2D eigenvalue weighted by atomic mass is 9.94. The lowest BCUT2D eigenvalue weighted by molar-refractivity contribution is -0.139. The molecule has 0 bridgehead atoms. The number of morpholine rings is 1. The van der Waals surface area contributed by atoms with Gasteiger partial charge in [-0.3, -0.25) is 4.79 Å². The fourth-order valence-corrected chi connectivity index (χ4v) is 5.56. The molecule has 11 nitrogen and oxygen atoms in total. The van der Waals surface area contributed by atoms with Crippen LogP contribution in [0, 0.1) is 5.92 Å². The van der Waals surface area contributed by atoms with Crippen LogP contribution in [-0.4, -0.2) is 92.9 Å². The van der Waals surface area contributed by atoms with Crippen LogP contribution in [0.4, 0.5) is 18.0 Å². The second kappa shape index (κ2) is 13.4. The Morgan fingerprint density at radius 2 is 1.78 bits per heavy atom. The van der Waals surface area contributed by atoms with E-state index in [4.69, 9.17) is 25.8 Å². The molecule has 2 aliphatic heterocycles. The summed E-state index contributed by atoms with van der Waals surface area (Å²) in [6, 6.07) is 2.58. The Balaban J connectivity index is 1.27. The summed E-state index contributed by atoms with van der Waals surface area (Å²) in [6.07, 6.45) is -0.308. The maximum atomic E-state index is 14.2. The van der Waals surface area contributed by atoms with Gasteiger partial charge >= 0.3 is 12.3 Å². The van der Waals surface area contributed by atoms with Gasteiger partial charge in [0.25, 0.3) is 0 Å². The second-order valence-corrected chi connectivity index (χ2v) is 12.5. The first-order chi connectivity index (χ1) is 21.3. The van der Waals surface area contributed by atoms with Crippen molar-refractivity contribution in [1.82, 2.24) is 29.3 Å². The molecule has 0 saturated carbocycles. The molecular weight excluding hydrogens is 617 g/mol. The van der Waals surface area contributed by atoms with Gasteiger partial charge in [0.1, 0.15) is 23.4 Å². The lowest BCUT2D eigenvalue weighted by Crippen LogP contribution is -2.42. The summed E-state index contributed by atoms with van der Waals surface area (Å²) >= 11 is 6.20. The number of piperidine rings is 1. The van der Waals surface area contributed by atoms with Crippen LogP contribution in [-0.2, 0) is 27.0 Å². The van der Waals surface area contributed by atoms with E-state index < -0.39 is 23.2 Å². The van der Waals surface area contributed by atoms with Gasteiger partial charge in [-0.15, -0.1) is 0 Å². The first-order valence-corrected chi connectivity index (χ1v) is 15.2. The van der Waals surface area contributed by atoms with Crippen molar-refractivity contribution < 1.29 is 37.0 Å². The van der Waals surface area contributed by atoms with E-state index in [2.05, 4.69) is 15.0 Å². The number of ether oxygens (including phenoxy) is 3. The van der Waals surface area contributed by atoms with E-state index in [1.165, 1.54) is 6.20 Å². The van der Waals surface area contributed by atoms with Gasteiger partial charge in [0.05, 0.1) is 25.5 Å². The number of alkyl halides is 3. The minimum absolute atomic E-state index is 0.0187. The minimum atomic E-state index is -4.75. The number of fused-ring (bicyclic) bond motifs is 1. The predicted molar refractivity (Wildman–Crippen MR) is 159 cm³/mol. The van der Waals surface area contributed by atoms with Crippen LogP contribution < -0.4 is 4.74 Å². The maximum Gasteiger partial charge on any atom is 0.421 e. The van der Waals surface area contributed by atoms with E-state index in [0.29, 0.717) is 69.7 Å². The summed E-state index contributed by atoms with van der Waals surface area (Å²) in [5.41, 5.74) is -1.07. The van der Waals surface area contributed by atoms with Gasteiger partial charge in [0.15, 0.2) is 0 Å². The SMILES string of the molecule is CC(C)(C)OC(=O)N1CCC(CCOc2ncc(-c3nc(Cl)nc4c3ccn4CC(=O)N3CCOCC3)cc2C(F)(F)F)CC1. The zero-order valence-corrected chi connectivity index (χ0v) is 26.2. The summed E-state index contributed by atoms with van der Waals surface area (Å²) in [6.45, 7) is 8.34. The molecule has 0 atom stereocenters. The van der Waals surface area contributed by atoms with Crippen molar-refractivity contribution in [1.29, 1.82) is 0 Å². The molecule has 0 radical (unpaired) electrons. The molecule has 45 heavy (non-hydrogen) atoms. The quantitative estimate of drug-likeness (QED) is 0.310. The standard InChI is InChI=1S/C30H36ClF3N6O5/c1-29(2,3)45-28(42)39-8-4-19(5-9-39)7-13-44-26-22(30(32,33)34)16-20(17-35-26)24-21-6-10-40(25(21)37-27(31)36-24)18-23(41)38-11-14-43-15-12-38/h6,10,16-17,19H,4-5,7-9,11-15,18H2,1-3H3. The molecule has 0 unspecified atom stereocenters. The minimum Gasteiger partial charge on any atom is -0.477 e. The molecule has 2 amide bonds. The first kappa shape index (κ1) is 32.7. The Hall–Kier alpha value is -3.65. The molecule has 0 aromatic carbocycles. The van der Waals surface area contributed by atoms with Crippen molar-refractivity contribution in [3.05, 3.63) is 35.4 Å². The Labute approximate surface area is 263 Å². The average molecular weight is 653 g/mol. The molecule has 3 aromatic rings. The number of aromatic nitrogens is 4. The summed E-state index contributed by atoms with van der Waals surface area (Å²) in [5.74, 6) is -0.473. The molecular formula is C30H36ClF3N6O5. The van der Waals surface area contributed by atoms with Crippen LogP contribution in [0.15, 0.2) is 24.5 Å². The van der Waals surface area contributed by atoms with E-state index in [-0.39, 0.29) is 47.6 Å². The Bertz CT molecular complexity index is 1530. The third kappa shape index (κ3) is 8.15. The third-order valence-electron chi connectivity index (χ3n) is 7.72. The largest absolute Gasteiger partial charge is 0.477 e. The number of pyridine rings is 1. The smallest absolute Gasteiger partial charge is 0.421 e. The number of hydrogen-bond acceptors (Lipinski definition) is 8. The van der Waals surface area contributed by atoms with Crippen LogP contribution in [0.3, 0.4) is 0 Å². The Kier molecular flexibility index (Phi) is 9.73. The van der Waals surface area contributed by atoms with Crippen LogP contribution in [0.2, 0.25) is 5.28 Å². The number of amides is 2. The number of carbonyl (C=O) groups is 2. The van der Waals surface area contributed by atoms with Crippen molar-refractivity contribution in [2.24, 2.45) is 5.92 Å². The van der Waals surface area contributed by atoms with Gasteiger partial charge in [0.2, 0.25) is 17.1 Å². The summed E-state index contributed by atoms with van der Waals surface area (Å²) in [7, 11) is 0. The van der Waals surface area contributed by atoms with Crippen molar-refractivity contribution in [2.45, 2.75) is 58.4 Å². The van der Waals surface area contributed by atoms with Crippen LogP contribution in [0.1, 0.15) is 45.6 Å². The van der Waals surface area contributed by atoms with Crippen LogP contribution >= 0.6 is 11.6 Å². The molecule has 0 spiro atoms. The van der Waals surface area contributed by atoms with Crippen LogP contribution in [0.5, 0.6) is 5.88 Å². The highest BCUT2D eigenvalue weighted by Gasteiger charge is 2.36. The van der Waals surface area contributed by atoms with Gasteiger partial charge < -0.3 is 28.6 Å². The van der Waals surface area contributed by atoms with Crippen molar-refractivity contribution in [3.63, 3.8) is 0 Å². The van der Waals surface area contributed by atoms with Crippen molar-refractivity contribution in [3.8, 4) is 17.1 Å². The molecule has 5 rings (SSSR count). The van der Waals surface area contributed by atoms with Crippen molar-refractivity contribution >= 4 is 34.6 Å². The van der Waals surface area contributed by atoms with Gasteiger partial charge in [-0.2, -0.15) is 18.2 Å². The van der Waals surface area contributed by atoms with Crippen molar-refractivity contribution in [2.75, 3.05) is 46.0 Å². The summed E-state index contributed by atoms with van der Waals surface area (Å²) in [5, 5.41) is 0.248. The third-order valence-corrected chi connectivity index (χ3v) is 7.89. The number of likely N-dealkylation sites (tertiary alicyclic amines) is 1. The van der Waals surface area contributed by atoms with Gasteiger partial charge in [0, 0.05) is 49.5 Å². The molecule has 5 heterocycles. The Morgan fingerprint density at radius 3 is 2.44 bits per heavy atom. The van der Waals surface area contributed by atoms with Gasteiger partial charge in [-0.25, -0.2) is 14.8 Å². The van der Waals surface area contributed by atoms with Gasteiger partial charge in [-0.1, -0.05) is 0 Å². The topological polar surface area (TPSA) is 112 Å². The van der Waals surface area contributed by atoms with E-state index in [0.717, 1.165) is 6.07 Å². The van der Waals surface area contributed by atoms with E-state index in [1.807, 2.05) is 20.8 Å².